The van der Waals surface area contributed by atoms with Gasteiger partial charge < -0.3 is 14.6 Å². The Hall–Kier alpha value is -1.81. The fourth-order valence-corrected chi connectivity index (χ4v) is 6.56. The Balaban J connectivity index is 1.52. The lowest BCUT2D eigenvalue weighted by Crippen LogP contribution is -2.26. The van der Waals surface area contributed by atoms with Crippen molar-refractivity contribution in [3.05, 3.63) is 52.3 Å². The van der Waals surface area contributed by atoms with Gasteiger partial charge in [0, 0.05) is 41.6 Å². The maximum absolute atomic E-state index is 13.1. The zero-order valence-corrected chi connectivity index (χ0v) is 17.3. The van der Waals surface area contributed by atoms with Crippen LogP contribution in [0, 0.1) is 0 Å². The van der Waals surface area contributed by atoms with E-state index in [-0.39, 0.29) is 5.75 Å². The lowest BCUT2D eigenvalue weighted by Gasteiger charge is -2.16. The van der Waals surface area contributed by atoms with Gasteiger partial charge in [-0.05, 0) is 42.0 Å². The number of nitrogens with one attached hydrogen (secondary N) is 1. The molecule has 4 rings (SSSR count). The number of hydrogen-bond donors (Lipinski definition) is 1. The van der Waals surface area contributed by atoms with Gasteiger partial charge in [0.25, 0.3) is 0 Å². The first-order chi connectivity index (χ1) is 13.9. The van der Waals surface area contributed by atoms with E-state index in [0.717, 1.165) is 21.3 Å². The Bertz CT molecular complexity index is 1060. The van der Waals surface area contributed by atoms with Gasteiger partial charge in [-0.25, -0.2) is 8.42 Å². The zero-order valence-electron chi connectivity index (χ0n) is 15.7. The predicted octanol–water partition coefficient (Wildman–Crippen LogP) is 4.06. The molecule has 0 radical (unpaired) electrons. The number of ether oxygens (including phenoxy) is 1. The number of fused-ring (bicyclic) bond motifs is 1. The summed E-state index contributed by atoms with van der Waals surface area (Å²) in [5.41, 5.74) is 1.70. The zero-order chi connectivity index (χ0) is 20.4. The topological polar surface area (TPSA) is 62.4 Å². The molecular weight excluding hydrogens is 418 g/mol. The molecule has 1 N–H and O–H groups in total. The summed E-state index contributed by atoms with van der Waals surface area (Å²) in [6.45, 7) is -0.917. The summed E-state index contributed by atoms with van der Waals surface area (Å²) in [7, 11) is -3.49. The van der Waals surface area contributed by atoms with Crippen molar-refractivity contribution in [1.29, 1.82) is 0 Å². The number of likely N-dealkylation sites (tertiary alicyclic amines) is 1. The second-order valence-electron chi connectivity index (χ2n) is 7.19. The molecule has 3 heterocycles. The molecule has 3 aromatic rings. The molecule has 1 aliphatic rings. The van der Waals surface area contributed by atoms with Gasteiger partial charge in [-0.1, -0.05) is 12.1 Å². The van der Waals surface area contributed by atoms with E-state index in [1.54, 1.807) is 12.1 Å². The van der Waals surface area contributed by atoms with Crippen molar-refractivity contribution in [2.45, 2.75) is 36.2 Å². The molecule has 0 saturated carbocycles. The maximum Gasteiger partial charge on any atom is 0.345 e. The second kappa shape index (κ2) is 8.51. The number of alkyl halides is 2. The highest BCUT2D eigenvalue weighted by molar-refractivity contribution is 7.91. The van der Waals surface area contributed by atoms with E-state index in [0.29, 0.717) is 37.4 Å². The van der Waals surface area contributed by atoms with Crippen LogP contribution in [0.4, 0.5) is 8.78 Å². The Morgan fingerprint density at radius 2 is 2.14 bits per heavy atom. The van der Waals surface area contributed by atoms with Gasteiger partial charge in [0.05, 0.1) is 16.8 Å². The molecular formula is C20H22F2N2O3S2. The van der Waals surface area contributed by atoms with Crippen molar-refractivity contribution in [3.8, 4) is 0 Å². The van der Waals surface area contributed by atoms with Crippen LogP contribution in [0.2, 0.25) is 0 Å². The van der Waals surface area contributed by atoms with Gasteiger partial charge >= 0.3 is 6.61 Å². The summed E-state index contributed by atoms with van der Waals surface area (Å²) >= 11 is 1.43. The van der Waals surface area contributed by atoms with Gasteiger partial charge in [-0.2, -0.15) is 8.78 Å². The Kier molecular flexibility index (Phi) is 6.00. The van der Waals surface area contributed by atoms with E-state index in [4.69, 9.17) is 0 Å². The molecule has 0 unspecified atom stereocenters. The van der Waals surface area contributed by atoms with E-state index in [1.165, 1.54) is 11.3 Å². The van der Waals surface area contributed by atoms with E-state index in [1.807, 2.05) is 29.8 Å². The first-order valence-electron chi connectivity index (χ1n) is 9.42. The number of halogens is 2. The minimum absolute atomic E-state index is 0.0207. The van der Waals surface area contributed by atoms with Crippen molar-refractivity contribution in [3.63, 3.8) is 0 Å². The Morgan fingerprint density at radius 1 is 1.28 bits per heavy atom. The standard InChI is InChI=1S/C20H22F2N2O3S2/c21-20(22)27-15-7-9-24(12-15)8-6-14-11-23-17-4-1-5-18(19(14)17)29(25,26)13-16-3-2-10-28-16/h1-5,10-11,15,20,23H,6-9,12-13H2/t15-/m0/s1. The molecule has 2 aromatic heterocycles. The van der Waals surface area contributed by atoms with Crippen LogP contribution in [0.15, 0.2) is 46.8 Å². The Labute approximate surface area is 172 Å². The number of thiophene rings is 1. The first kappa shape index (κ1) is 20.5. The van der Waals surface area contributed by atoms with Crippen LogP contribution < -0.4 is 0 Å². The average molecular weight is 441 g/mol. The summed E-state index contributed by atoms with van der Waals surface area (Å²) in [6, 6.07) is 8.94. The largest absolute Gasteiger partial charge is 0.361 e. The van der Waals surface area contributed by atoms with Crippen LogP contribution in [0.1, 0.15) is 16.9 Å². The van der Waals surface area contributed by atoms with Gasteiger partial charge in [0.1, 0.15) is 0 Å². The van der Waals surface area contributed by atoms with Crippen LogP contribution in [-0.2, 0) is 26.7 Å². The molecule has 156 valence electrons. The highest BCUT2D eigenvalue weighted by atomic mass is 32.2. The molecule has 5 nitrogen and oxygen atoms in total. The average Bonchev–Trinajstić information content (AvgIpc) is 3.40. The smallest absolute Gasteiger partial charge is 0.345 e. The Morgan fingerprint density at radius 3 is 2.90 bits per heavy atom. The molecule has 1 saturated heterocycles. The fourth-order valence-electron chi connectivity index (χ4n) is 3.87. The second-order valence-corrected chi connectivity index (χ2v) is 10.2. The van der Waals surface area contributed by atoms with Crippen LogP contribution in [0.25, 0.3) is 10.9 Å². The number of aromatic amines is 1. The quantitative estimate of drug-likeness (QED) is 0.574. The third-order valence-corrected chi connectivity index (χ3v) is 7.98. The number of rotatable bonds is 8. The summed E-state index contributed by atoms with van der Waals surface area (Å²) in [6.07, 6.45) is 2.61. The molecule has 1 fully saturated rings. The van der Waals surface area contributed by atoms with Crippen molar-refractivity contribution in [2.24, 2.45) is 0 Å². The highest BCUT2D eigenvalue weighted by Gasteiger charge is 2.26. The van der Waals surface area contributed by atoms with Crippen molar-refractivity contribution < 1.29 is 21.9 Å². The number of hydrogen-bond acceptors (Lipinski definition) is 5. The number of H-pyrrole nitrogens is 1. The van der Waals surface area contributed by atoms with Gasteiger partial charge in [0.15, 0.2) is 9.84 Å². The summed E-state index contributed by atoms with van der Waals surface area (Å²) in [5.74, 6) is -0.0207. The minimum atomic E-state index is -3.49. The molecule has 1 aliphatic heterocycles. The van der Waals surface area contributed by atoms with E-state index in [9.17, 15) is 17.2 Å². The fraction of sp³-hybridized carbons (Fsp3) is 0.400. The predicted molar refractivity (Wildman–Crippen MR) is 109 cm³/mol. The van der Waals surface area contributed by atoms with Crippen LogP contribution in [0.3, 0.4) is 0 Å². The molecule has 1 atom stereocenters. The lowest BCUT2D eigenvalue weighted by atomic mass is 10.1. The normalized spacial score (nSPS) is 18.2. The first-order valence-corrected chi connectivity index (χ1v) is 12.0. The molecule has 0 spiro atoms. The van der Waals surface area contributed by atoms with Gasteiger partial charge in [-0.3, -0.25) is 0 Å². The van der Waals surface area contributed by atoms with Gasteiger partial charge in [0.2, 0.25) is 0 Å². The maximum atomic E-state index is 13.1. The molecule has 9 heteroatoms. The SMILES string of the molecule is O=S(=O)(Cc1cccs1)c1cccc2[nH]cc(CCN3CC[C@H](OC(F)F)C3)c12. The van der Waals surface area contributed by atoms with Crippen molar-refractivity contribution in [1.82, 2.24) is 9.88 Å². The molecule has 1 aromatic carbocycles. The number of nitrogens with zero attached hydrogens (tertiary/aromatic N) is 1. The van der Waals surface area contributed by atoms with Gasteiger partial charge in [-0.15, -0.1) is 11.3 Å². The summed E-state index contributed by atoms with van der Waals surface area (Å²) < 4.78 is 55.5. The van der Waals surface area contributed by atoms with E-state index >= 15 is 0 Å². The van der Waals surface area contributed by atoms with Crippen LogP contribution in [0.5, 0.6) is 0 Å². The highest BCUT2D eigenvalue weighted by Crippen LogP contribution is 2.30. The summed E-state index contributed by atoms with van der Waals surface area (Å²) in [4.78, 5) is 6.38. The summed E-state index contributed by atoms with van der Waals surface area (Å²) in [5, 5.41) is 2.59. The van der Waals surface area contributed by atoms with Crippen molar-refractivity contribution in [2.75, 3.05) is 19.6 Å². The van der Waals surface area contributed by atoms with Crippen LogP contribution >= 0.6 is 11.3 Å². The van der Waals surface area contributed by atoms with E-state index in [2.05, 4.69) is 14.6 Å². The third kappa shape index (κ3) is 4.69. The van der Waals surface area contributed by atoms with Crippen LogP contribution in [-0.4, -0.2) is 50.7 Å². The lowest BCUT2D eigenvalue weighted by molar-refractivity contribution is -0.158. The molecule has 0 aliphatic carbocycles. The minimum Gasteiger partial charge on any atom is -0.361 e. The van der Waals surface area contributed by atoms with Crippen molar-refractivity contribution >= 4 is 32.1 Å². The number of aromatic nitrogens is 1. The molecule has 0 amide bonds. The third-order valence-electron chi connectivity index (χ3n) is 5.22. The number of sulfone groups is 1. The molecule has 0 bridgehead atoms. The molecule has 29 heavy (non-hydrogen) atoms. The monoisotopic (exact) mass is 440 g/mol. The van der Waals surface area contributed by atoms with E-state index < -0.39 is 22.6 Å². The number of benzene rings is 1.